The summed E-state index contributed by atoms with van der Waals surface area (Å²) in [5.74, 6) is 0.165. The number of hydrogen-bond donors (Lipinski definition) is 1. The quantitative estimate of drug-likeness (QED) is 0.816. The molecule has 0 saturated heterocycles. The van der Waals surface area contributed by atoms with Gasteiger partial charge in [0, 0.05) is 31.1 Å². The molecular formula is C14H14N2O5. The molecule has 1 aromatic carbocycles. The van der Waals surface area contributed by atoms with Crippen molar-refractivity contribution in [1.82, 2.24) is 9.55 Å². The number of carbonyl (C=O) groups is 1. The van der Waals surface area contributed by atoms with Gasteiger partial charge in [-0.25, -0.2) is 9.78 Å². The predicted octanol–water partition coefficient (Wildman–Crippen LogP) is 1.78. The first kappa shape index (κ1) is 13.3. The van der Waals surface area contributed by atoms with Crippen LogP contribution < -0.4 is 14.2 Å². The Hall–Kier alpha value is -2.70. The Bertz CT molecular complexity index is 639. The second-order valence-electron chi connectivity index (χ2n) is 4.51. The van der Waals surface area contributed by atoms with Gasteiger partial charge in [0.25, 0.3) is 0 Å². The Labute approximate surface area is 120 Å². The van der Waals surface area contributed by atoms with Crippen molar-refractivity contribution in [2.24, 2.45) is 0 Å². The van der Waals surface area contributed by atoms with Crippen LogP contribution in [0.4, 0.5) is 0 Å². The minimum atomic E-state index is -1.06. The largest absolute Gasteiger partial charge is 0.492 e. The molecule has 1 N–H and O–H groups in total. The van der Waals surface area contributed by atoms with Crippen molar-refractivity contribution in [2.45, 2.75) is 13.0 Å². The van der Waals surface area contributed by atoms with Gasteiger partial charge in [0.2, 0.25) is 6.79 Å². The number of aromatic carboxylic acids is 1. The fraction of sp³-hybridized carbons (Fsp3) is 0.286. The van der Waals surface area contributed by atoms with E-state index in [1.807, 2.05) is 10.8 Å². The third kappa shape index (κ3) is 2.91. The summed E-state index contributed by atoms with van der Waals surface area (Å²) in [7, 11) is 0. The van der Waals surface area contributed by atoms with Crippen molar-refractivity contribution in [3.05, 3.63) is 36.4 Å². The number of imidazole rings is 1. The SMILES string of the molecule is O=C(O)c1cc2c(cc1OCCCn1ccnc1)OCO2. The van der Waals surface area contributed by atoms with Crippen molar-refractivity contribution in [1.29, 1.82) is 0 Å². The Kier molecular flexibility index (Phi) is 3.63. The summed E-state index contributed by atoms with van der Waals surface area (Å²) in [5.41, 5.74) is 0.0712. The van der Waals surface area contributed by atoms with E-state index in [0.29, 0.717) is 18.1 Å². The number of fused-ring (bicyclic) bond motifs is 1. The molecule has 2 heterocycles. The predicted molar refractivity (Wildman–Crippen MR) is 71.9 cm³/mol. The molecule has 0 bridgehead atoms. The molecule has 0 radical (unpaired) electrons. The first-order valence-corrected chi connectivity index (χ1v) is 6.49. The molecule has 7 heteroatoms. The highest BCUT2D eigenvalue weighted by molar-refractivity contribution is 5.92. The molecule has 0 atom stereocenters. The van der Waals surface area contributed by atoms with E-state index < -0.39 is 5.97 Å². The van der Waals surface area contributed by atoms with Crippen molar-refractivity contribution < 1.29 is 24.1 Å². The van der Waals surface area contributed by atoms with Crippen molar-refractivity contribution in [2.75, 3.05) is 13.4 Å². The summed E-state index contributed by atoms with van der Waals surface area (Å²) in [5, 5.41) is 9.21. The number of aromatic nitrogens is 2. The molecule has 3 rings (SSSR count). The molecule has 1 aromatic heterocycles. The van der Waals surface area contributed by atoms with Crippen LogP contribution in [0.15, 0.2) is 30.9 Å². The molecule has 110 valence electrons. The monoisotopic (exact) mass is 290 g/mol. The fourth-order valence-electron chi connectivity index (χ4n) is 2.06. The van der Waals surface area contributed by atoms with E-state index in [9.17, 15) is 9.90 Å². The Morgan fingerprint density at radius 2 is 2.19 bits per heavy atom. The molecular weight excluding hydrogens is 276 g/mol. The lowest BCUT2D eigenvalue weighted by atomic mass is 10.2. The maximum absolute atomic E-state index is 11.3. The summed E-state index contributed by atoms with van der Waals surface area (Å²) in [6, 6.07) is 2.98. The van der Waals surface area contributed by atoms with Crippen LogP contribution in [0.25, 0.3) is 0 Å². The number of ether oxygens (including phenoxy) is 3. The molecule has 0 amide bonds. The van der Waals surface area contributed by atoms with Crippen LogP contribution in [0.2, 0.25) is 0 Å². The first-order valence-electron chi connectivity index (χ1n) is 6.49. The number of nitrogens with zero attached hydrogens (tertiary/aromatic N) is 2. The number of rotatable bonds is 6. The topological polar surface area (TPSA) is 82.8 Å². The van der Waals surface area contributed by atoms with Crippen LogP contribution in [-0.4, -0.2) is 34.0 Å². The van der Waals surface area contributed by atoms with Crippen LogP contribution >= 0.6 is 0 Å². The van der Waals surface area contributed by atoms with Crippen LogP contribution in [0.3, 0.4) is 0 Å². The summed E-state index contributed by atoms with van der Waals surface area (Å²) in [6.45, 7) is 1.25. The van der Waals surface area contributed by atoms with E-state index in [1.165, 1.54) is 6.07 Å². The molecule has 0 unspecified atom stereocenters. The van der Waals surface area contributed by atoms with E-state index in [2.05, 4.69) is 4.98 Å². The highest BCUT2D eigenvalue weighted by Gasteiger charge is 2.21. The lowest BCUT2D eigenvalue weighted by Gasteiger charge is -2.10. The number of carboxylic acid groups (broad SMARTS) is 1. The van der Waals surface area contributed by atoms with Crippen LogP contribution in [0.5, 0.6) is 17.2 Å². The van der Waals surface area contributed by atoms with E-state index in [4.69, 9.17) is 14.2 Å². The zero-order valence-corrected chi connectivity index (χ0v) is 11.2. The van der Waals surface area contributed by atoms with Gasteiger partial charge < -0.3 is 23.9 Å². The van der Waals surface area contributed by atoms with E-state index in [-0.39, 0.29) is 18.1 Å². The number of benzene rings is 1. The normalized spacial score (nSPS) is 12.4. The molecule has 1 aliphatic heterocycles. The third-order valence-corrected chi connectivity index (χ3v) is 3.08. The summed E-state index contributed by atoms with van der Waals surface area (Å²) < 4.78 is 17.9. The average molecular weight is 290 g/mol. The summed E-state index contributed by atoms with van der Waals surface area (Å²) in [4.78, 5) is 15.2. The third-order valence-electron chi connectivity index (χ3n) is 3.08. The zero-order chi connectivity index (χ0) is 14.7. The molecule has 2 aromatic rings. The summed E-state index contributed by atoms with van der Waals surface area (Å²) in [6.07, 6.45) is 6.04. The van der Waals surface area contributed by atoms with Crippen LogP contribution in [0.1, 0.15) is 16.8 Å². The van der Waals surface area contributed by atoms with E-state index >= 15 is 0 Å². The molecule has 0 saturated carbocycles. The summed E-state index contributed by atoms with van der Waals surface area (Å²) >= 11 is 0. The standard InChI is InChI=1S/C14H14N2O5/c17-14(18)10-6-12-13(21-9-20-12)7-11(10)19-5-1-3-16-4-2-15-8-16/h2,4,6-8H,1,3,5,9H2,(H,17,18). The van der Waals surface area contributed by atoms with Gasteiger partial charge in [0.15, 0.2) is 11.5 Å². The van der Waals surface area contributed by atoms with Gasteiger partial charge in [-0.05, 0) is 6.42 Å². The van der Waals surface area contributed by atoms with Gasteiger partial charge in [-0.2, -0.15) is 0 Å². The second-order valence-corrected chi connectivity index (χ2v) is 4.51. The van der Waals surface area contributed by atoms with Gasteiger partial charge >= 0.3 is 5.97 Å². The van der Waals surface area contributed by atoms with Gasteiger partial charge in [-0.1, -0.05) is 0 Å². The lowest BCUT2D eigenvalue weighted by molar-refractivity contribution is 0.0691. The van der Waals surface area contributed by atoms with Gasteiger partial charge in [-0.15, -0.1) is 0 Å². The first-order chi connectivity index (χ1) is 10.2. The highest BCUT2D eigenvalue weighted by atomic mass is 16.7. The van der Waals surface area contributed by atoms with Crippen molar-refractivity contribution in [3.8, 4) is 17.2 Å². The maximum atomic E-state index is 11.3. The average Bonchev–Trinajstić information content (AvgIpc) is 3.13. The second kappa shape index (κ2) is 5.74. The Morgan fingerprint density at radius 1 is 1.38 bits per heavy atom. The van der Waals surface area contributed by atoms with E-state index in [0.717, 1.165) is 13.0 Å². The van der Waals surface area contributed by atoms with Crippen LogP contribution in [-0.2, 0) is 6.54 Å². The van der Waals surface area contributed by atoms with Gasteiger partial charge in [0.1, 0.15) is 11.3 Å². The van der Waals surface area contributed by atoms with Crippen molar-refractivity contribution >= 4 is 5.97 Å². The highest BCUT2D eigenvalue weighted by Crippen LogP contribution is 2.38. The molecule has 0 spiro atoms. The molecule has 7 nitrogen and oxygen atoms in total. The molecule has 21 heavy (non-hydrogen) atoms. The van der Waals surface area contributed by atoms with Gasteiger partial charge in [0.05, 0.1) is 12.9 Å². The fourth-order valence-corrected chi connectivity index (χ4v) is 2.06. The van der Waals surface area contributed by atoms with Crippen LogP contribution in [0, 0.1) is 0 Å². The molecule has 0 fully saturated rings. The van der Waals surface area contributed by atoms with E-state index in [1.54, 1.807) is 18.6 Å². The van der Waals surface area contributed by atoms with Gasteiger partial charge in [-0.3, -0.25) is 0 Å². The Balaban J connectivity index is 1.65. The minimum absolute atomic E-state index is 0.0712. The maximum Gasteiger partial charge on any atom is 0.339 e. The van der Waals surface area contributed by atoms with Crippen molar-refractivity contribution in [3.63, 3.8) is 0 Å². The number of hydrogen-bond acceptors (Lipinski definition) is 5. The Morgan fingerprint density at radius 3 is 2.90 bits per heavy atom. The zero-order valence-electron chi connectivity index (χ0n) is 11.2. The number of aryl methyl sites for hydroxylation is 1. The molecule has 0 aliphatic carbocycles. The molecule has 1 aliphatic rings. The minimum Gasteiger partial charge on any atom is -0.492 e. The smallest absolute Gasteiger partial charge is 0.339 e. The lowest BCUT2D eigenvalue weighted by Crippen LogP contribution is -2.07. The number of carboxylic acids is 1.